The molecule has 0 saturated carbocycles. The molecule has 0 aliphatic heterocycles. The van der Waals surface area contributed by atoms with Crippen LogP contribution in [-0.2, 0) is 0 Å². The van der Waals surface area contributed by atoms with Gasteiger partial charge in [-0.15, -0.1) is 0 Å². The Kier molecular flexibility index (Phi) is 2.38. The lowest BCUT2D eigenvalue weighted by molar-refractivity contribution is 0.0699. The third kappa shape index (κ3) is 1.77. The molecule has 0 spiro atoms. The minimum absolute atomic E-state index is 0.132. The lowest BCUT2D eigenvalue weighted by Crippen LogP contribution is -1.99. The quantitative estimate of drug-likeness (QED) is 0.635. The van der Waals surface area contributed by atoms with Crippen LogP contribution < -0.4 is 5.73 Å². The number of aromatic nitrogens is 4. The van der Waals surface area contributed by atoms with Gasteiger partial charge in [-0.1, -0.05) is 0 Å². The van der Waals surface area contributed by atoms with Crippen molar-refractivity contribution in [2.24, 2.45) is 0 Å². The zero-order valence-corrected chi connectivity index (χ0v) is 9.66. The molecule has 7 nitrogen and oxygen atoms in total. The Morgan fingerprint density at radius 2 is 2.05 bits per heavy atom. The van der Waals surface area contributed by atoms with Gasteiger partial charge in [0.1, 0.15) is 5.65 Å². The Bertz CT molecular complexity index is 781. The number of nitrogens with zero attached hydrogens (tertiary/aromatic N) is 3. The summed E-state index contributed by atoms with van der Waals surface area (Å²) in [6.07, 6.45) is 4.62. The number of nitrogens with two attached hydrogens (primary N) is 1. The third-order valence-electron chi connectivity index (χ3n) is 2.75. The zero-order valence-electron chi connectivity index (χ0n) is 9.66. The lowest BCUT2D eigenvalue weighted by Gasteiger charge is -2.02. The maximum Gasteiger partial charge on any atom is 0.336 e. The fraction of sp³-hybridized carbons (Fsp3) is 0. The monoisotopic (exact) mass is 255 g/mol. The highest BCUT2D eigenvalue weighted by molar-refractivity contribution is 6.07. The van der Waals surface area contributed by atoms with Gasteiger partial charge in [-0.05, 0) is 12.1 Å². The summed E-state index contributed by atoms with van der Waals surface area (Å²) >= 11 is 0. The predicted molar refractivity (Wildman–Crippen MR) is 68.5 cm³/mol. The summed E-state index contributed by atoms with van der Waals surface area (Å²) in [5.74, 6) is -0.886. The standard InChI is InChI=1S/C12H9N5O2/c13-12-15-4-2-8(17-12)7-5-16-10-9(7)6(11(18)19)1-3-14-10/h1-5H,(H,14,16)(H,18,19)(H2,13,15,17). The van der Waals surface area contributed by atoms with Gasteiger partial charge in [0, 0.05) is 29.5 Å². The molecule has 19 heavy (non-hydrogen) atoms. The van der Waals surface area contributed by atoms with E-state index >= 15 is 0 Å². The van der Waals surface area contributed by atoms with Gasteiger partial charge in [-0.2, -0.15) is 0 Å². The van der Waals surface area contributed by atoms with Crippen molar-refractivity contribution in [3.05, 3.63) is 36.3 Å². The summed E-state index contributed by atoms with van der Waals surface area (Å²) in [5.41, 5.74) is 7.38. The molecule has 0 atom stereocenters. The molecule has 7 heteroatoms. The van der Waals surface area contributed by atoms with Gasteiger partial charge < -0.3 is 15.8 Å². The minimum atomic E-state index is -1.02. The molecule has 0 bridgehead atoms. The van der Waals surface area contributed by atoms with E-state index in [9.17, 15) is 9.90 Å². The molecule has 0 fully saturated rings. The van der Waals surface area contributed by atoms with Gasteiger partial charge >= 0.3 is 5.97 Å². The topological polar surface area (TPSA) is 118 Å². The van der Waals surface area contributed by atoms with E-state index in [4.69, 9.17) is 5.73 Å². The maximum atomic E-state index is 11.3. The van der Waals surface area contributed by atoms with Gasteiger partial charge in [0.2, 0.25) is 5.95 Å². The van der Waals surface area contributed by atoms with E-state index in [0.717, 1.165) is 0 Å². The van der Waals surface area contributed by atoms with Crippen molar-refractivity contribution < 1.29 is 9.90 Å². The summed E-state index contributed by atoms with van der Waals surface area (Å²) in [5, 5.41) is 9.74. The van der Waals surface area contributed by atoms with E-state index in [1.165, 1.54) is 18.5 Å². The number of pyridine rings is 1. The second-order valence-corrected chi connectivity index (χ2v) is 3.89. The minimum Gasteiger partial charge on any atom is -0.478 e. The first-order valence-electron chi connectivity index (χ1n) is 5.45. The fourth-order valence-electron chi connectivity index (χ4n) is 1.96. The van der Waals surface area contributed by atoms with E-state index in [-0.39, 0.29) is 11.5 Å². The van der Waals surface area contributed by atoms with Gasteiger partial charge in [0.05, 0.1) is 11.3 Å². The summed E-state index contributed by atoms with van der Waals surface area (Å²) in [6, 6.07) is 3.12. The number of fused-ring (bicyclic) bond motifs is 1. The molecule has 3 heterocycles. The Hall–Kier alpha value is -2.96. The first kappa shape index (κ1) is 11.1. The van der Waals surface area contributed by atoms with Crippen LogP contribution in [0, 0.1) is 0 Å². The van der Waals surface area contributed by atoms with Crippen LogP contribution in [0.25, 0.3) is 22.3 Å². The first-order chi connectivity index (χ1) is 9.16. The van der Waals surface area contributed by atoms with Crippen molar-refractivity contribution in [1.29, 1.82) is 0 Å². The predicted octanol–water partition coefficient (Wildman–Crippen LogP) is 1.30. The molecule has 0 amide bonds. The summed E-state index contributed by atoms with van der Waals surface area (Å²) in [4.78, 5) is 26.2. The molecule has 0 radical (unpaired) electrons. The van der Waals surface area contributed by atoms with Crippen LogP contribution in [0.15, 0.2) is 30.7 Å². The highest BCUT2D eigenvalue weighted by Gasteiger charge is 2.16. The number of nitrogen functional groups attached to an aromatic ring is 1. The molecular formula is C12H9N5O2. The van der Waals surface area contributed by atoms with Gasteiger partial charge in [0.25, 0.3) is 0 Å². The second-order valence-electron chi connectivity index (χ2n) is 3.89. The van der Waals surface area contributed by atoms with Crippen LogP contribution in [0.5, 0.6) is 0 Å². The van der Waals surface area contributed by atoms with Gasteiger partial charge in [-0.3, -0.25) is 0 Å². The highest BCUT2D eigenvalue weighted by Crippen LogP contribution is 2.29. The molecule has 3 aromatic heterocycles. The van der Waals surface area contributed by atoms with E-state index in [0.29, 0.717) is 22.3 Å². The number of aromatic carboxylic acids is 1. The van der Waals surface area contributed by atoms with Crippen LogP contribution in [-0.4, -0.2) is 31.0 Å². The van der Waals surface area contributed by atoms with Crippen molar-refractivity contribution in [3.63, 3.8) is 0 Å². The third-order valence-corrected chi connectivity index (χ3v) is 2.75. The van der Waals surface area contributed by atoms with Crippen LogP contribution in [0.2, 0.25) is 0 Å². The van der Waals surface area contributed by atoms with Gasteiger partial charge in [0.15, 0.2) is 0 Å². The Balaban J connectivity index is 2.33. The lowest BCUT2D eigenvalue weighted by atomic mass is 10.1. The fourth-order valence-corrected chi connectivity index (χ4v) is 1.96. The molecule has 0 aromatic carbocycles. The molecule has 0 saturated heterocycles. The number of hydrogen-bond donors (Lipinski definition) is 3. The number of carboxylic acids is 1. The highest BCUT2D eigenvalue weighted by atomic mass is 16.4. The maximum absolute atomic E-state index is 11.3. The zero-order chi connectivity index (χ0) is 13.4. The number of rotatable bonds is 2. The Labute approximate surface area is 107 Å². The van der Waals surface area contributed by atoms with Crippen LogP contribution in [0.1, 0.15) is 10.4 Å². The van der Waals surface area contributed by atoms with Crippen molar-refractivity contribution in [3.8, 4) is 11.3 Å². The summed E-state index contributed by atoms with van der Waals surface area (Å²) < 4.78 is 0. The number of carbonyl (C=O) groups is 1. The number of aromatic amines is 1. The number of anilines is 1. The summed E-state index contributed by atoms with van der Waals surface area (Å²) in [6.45, 7) is 0. The van der Waals surface area contributed by atoms with Gasteiger partial charge in [-0.25, -0.2) is 19.7 Å². The average molecular weight is 255 g/mol. The van der Waals surface area contributed by atoms with Crippen molar-refractivity contribution >= 4 is 23.0 Å². The smallest absolute Gasteiger partial charge is 0.336 e. The van der Waals surface area contributed by atoms with E-state index in [1.54, 1.807) is 12.3 Å². The number of nitrogens with one attached hydrogen (secondary N) is 1. The number of H-pyrrole nitrogens is 1. The van der Waals surface area contributed by atoms with Crippen LogP contribution >= 0.6 is 0 Å². The first-order valence-corrected chi connectivity index (χ1v) is 5.45. The molecule has 0 aliphatic carbocycles. The van der Waals surface area contributed by atoms with Crippen molar-refractivity contribution in [2.45, 2.75) is 0 Å². The largest absolute Gasteiger partial charge is 0.478 e. The Morgan fingerprint density at radius 3 is 2.79 bits per heavy atom. The number of carboxylic acid groups (broad SMARTS) is 1. The van der Waals surface area contributed by atoms with E-state index in [2.05, 4.69) is 19.9 Å². The molecular weight excluding hydrogens is 246 g/mol. The van der Waals surface area contributed by atoms with E-state index in [1.807, 2.05) is 0 Å². The van der Waals surface area contributed by atoms with Crippen molar-refractivity contribution in [1.82, 2.24) is 19.9 Å². The SMILES string of the molecule is Nc1nccc(-c2c[nH]c3nccc(C(=O)O)c23)n1. The Morgan fingerprint density at radius 1 is 1.26 bits per heavy atom. The summed E-state index contributed by atoms with van der Waals surface area (Å²) in [7, 11) is 0. The second kappa shape index (κ2) is 4.05. The van der Waals surface area contributed by atoms with Crippen LogP contribution in [0.3, 0.4) is 0 Å². The number of hydrogen-bond acceptors (Lipinski definition) is 5. The molecule has 94 valence electrons. The molecule has 3 rings (SSSR count). The normalized spacial score (nSPS) is 10.7. The molecule has 0 unspecified atom stereocenters. The molecule has 0 aliphatic rings. The van der Waals surface area contributed by atoms with E-state index < -0.39 is 5.97 Å². The average Bonchev–Trinajstić information content (AvgIpc) is 2.82. The molecule has 4 N–H and O–H groups in total. The van der Waals surface area contributed by atoms with Crippen molar-refractivity contribution in [2.75, 3.05) is 5.73 Å². The molecule has 3 aromatic rings. The van der Waals surface area contributed by atoms with Crippen LogP contribution in [0.4, 0.5) is 5.95 Å².